The van der Waals surface area contributed by atoms with Crippen molar-refractivity contribution in [2.45, 2.75) is 12.8 Å². The molecule has 0 aliphatic carbocycles. The van der Waals surface area contributed by atoms with Gasteiger partial charge in [0.25, 0.3) is 5.91 Å². The quantitative estimate of drug-likeness (QED) is 0.550. The van der Waals surface area contributed by atoms with Crippen LogP contribution in [0.1, 0.15) is 27.4 Å². The lowest BCUT2D eigenvalue weighted by atomic mass is 9.88. The minimum atomic E-state index is -0.194. The average molecular weight is 458 g/mol. The summed E-state index contributed by atoms with van der Waals surface area (Å²) in [6.45, 7) is 8.38. The van der Waals surface area contributed by atoms with Gasteiger partial charge in [-0.15, -0.1) is 0 Å². The van der Waals surface area contributed by atoms with E-state index in [9.17, 15) is 9.18 Å². The Balaban J connectivity index is 1.26. The van der Waals surface area contributed by atoms with Crippen LogP contribution in [0.15, 0.2) is 78.9 Å². The zero-order chi connectivity index (χ0) is 23.5. The highest BCUT2D eigenvalue weighted by Crippen LogP contribution is 2.34. The SMILES string of the molecule is Cc1ccc(C(=O)N2C[C@@H](CN3CCN(c4ccc(F)cc4)CC3)[C@H](c3ccccc3)C2)cc1. The van der Waals surface area contributed by atoms with E-state index < -0.39 is 0 Å². The third-order valence-electron chi connectivity index (χ3n) is 7.31. The van der Waals surface area contributed by atoms with Crippen molar-refractivity contribution < 1.29 is 9.18 Å². The van der Waals surface area contributed by atoms with Gasteiger partial charge in [0, 0.05) is 63.0 Å². The van der Waals surface area contributed by atoms with Gasteiger partial charge in [0.05, 0.1) is 0 Å². The molecule has 5 rings (SSSR count). The van der Waals surface area contributed by atoms with Crippen LogP contribution < -0.4 is 4.90 Å². The Hall–Kier alpha value is -3.18. The fraction of sp³-hybridized carbons (Fsp3) is 0.345. The first-order chi connectivity index (χ1) is 16.6. The molecular formula is C29H32FN3O. The molecule has 176 valence electrons. The molecule has 2 heterocycles. The van der Waals surface area contributed by atoms with Gasteiger partial charge in [-0.3, -0.25) is 9.69 Å². The van der Waals surface area contributed by atoms with E-state index in [1.165, 1.54) is 17.7 Å². The summed E-state index contributed by atoms with van der Waals surface area (Å²) in [5, 5.41) is 0. The molecule has 4 nitrogen and oxygen atoms in total. The van der Waals surface area contributed by atoms with Crippen molar-refractivity contribution in [2.24, 2.45) is 5.92 Å². The maximum atomic E-state index is 13.3. The first-order valence-corrected chi connectivity index (χ1v) is 12.2. The maximum absolute atomic E-state index is 13.3. The maximum Gasteiger partial charge on any atom is 0.253 e. The smallest absolute Gasteiger partial charge is 0.253 e. The number of benzene rings is 3. The lowest BCUT2D eigenvalue weighted by Gasteiger charge is -2.37. The molecule has 2 aliphatic rings. The highest BCUT2D eigenvalue weighted by molar-refractivity contribution is 5.94. The summed E-state index contributed by atoms with van der Waals surface area (Å²) < 4.78 is 13.3. The van der Waals surface area contributed by atoms with E-state index in [4.69, 9.17) is 0 Å². The first-order valence-electron chi connectivity index (χ1n) is 12.2. The Labute approximate surface area is 201 Å². The number of anilines is 1. The van der Waals surface area contributed by atoms with Crippen molar-refractivity contribution in [1.29, 1.82) is 0 Å². The van der Waals surface area contributed by atoms with Gasteiger partial charge in [-0.1, -0.05) is 48.0 Å². The molecule has 0 saturated carbocycles. The van der Waals surface area contributed by atoms with Crippen LogP contribution in [0.5, 0.6) is 0 Å². The van der Waals surface area contributed by atoms with Crippen LogP contribution in [0.2, 0.25) is 0 Å². The van der Waals surface area contributed by atoms with Crippen LogP contribution in [0.4, 0.5) is 10.1 Å². The average Bonchev–Trinajstić information content (AvgIpc) is 3.29. The van der Waals surface area contributed by atoms with Gasteiger partial charge in [-0.2, -0.15) is 0 Å². The highest BCUT2D eigenvalue weighted by Gasteiger charge is 2.37. The zero-order valence-electron chi connectivity index (χ0n) is 19.7. The number of carbonyl (C=O) groups excluding carboxylic acids is 1. The summed E-state index contributed by atoms with van der Waals surface area (Å²) in [6.07, 6.45) is 0. The summed E-state index contributed by atoms with van der Waals surface area (Å²) in [5.74, 6) is 0.671. The van der Waals surface area contributed by atoms with Crippen LogP contribution >= 0.6 is 0 Å². The normalized spacial score (nSPS) is 21.1. The molecule has 0 unspecified atom stereocenters. The predicted molar refractivity (Wildman–Crippen MR) is 135 cm³/mol. The summed E-state index contributed by atoms with van der Waals surface area (Å²) >= 11 is 0. The van der Waals surface area contributed by atoms with E-state index >= 15 is 0 Å². The molecule has 34 heavy (non-hydrogen) atoms. The Bertz CT molecular complexity index is 1090. The second-order valence-electron chi connectivity index (χ2n) is 9.62. The summed E-state index contributed by atoms with van der Waals surface area (Å²) in [4.78, 5) is 20.2. The van der Waals surface area contributed by atoms with E-state index in [-0.39, 0.29) is 11.7 Å². The van der Waals surface area contributed by atoms with Crippen molar-refractivity contribution in [3.63, 3.8) is 0 Å². The number of aryl methyl sites for hydroxylation is 1. The molecule has 3 aromatic carbocycles. The second-order valence-corrected chi connectivity index (χ2v) is 9.62. The van der Waals surface area contributed by atoms with E-state index in [0.29, 0.717) is 11.8 Å². The van der Waals surface area contributed by atoms with Crippen molar-refractivity contribution in [3.05, 3.63) is 101 Å². The lowest BCUT2D eigenvalue weighted by molar-refractivity contribution is 0.0782. The van der Waals surface area contributed by atoms with Gasteiger partial charge in [0.1, 0.15) is 5.82 Å². The summed E-state index contributed by atoms with van der Waals surface area (Å²) in [5.41, 5.74) is 4.33. The lowest BCUT2D eigenvalue weighted by Crippen LogP contribution is -2.48. The molecule has 0 N–H and O–H groups in total. The highest BCUT2D eigenvalue weighted by atomic mass is 19.1. The van der Waals surface area contributed by atoms with Gasteiger partial charge >= 0.3 is 0 Å². The Kier molecular flexibility index (Phi) is 6.63. The Morgan fingerprint density at radius 3 is 2.21 bits per heavy atom. The summed E-state index contributed by atoms with van der Waals surface area (Å²) in [7, 11) is 0. The van der Waals surface area contributed by atoms with Crippen LogP contribution in [0, 0.1) is 18.7 Å². The molecule has 3 aromatic rings. The molecule has 2 fully saturated rings. The number of amides is 1. The van der Waals surface area contributed by atoms with Gasteiger partial charge in [0.2, 0.25) is 0 Å². The van der Waals surface area contributed by atoms with E-state index in [0.717, 1.165) is 62.6 Å². The largest absolute Gasteiger partial charge is 0.369 e. The fourth-order valence-corrected chi connectivity index (χ4v) is 5.35. The molecule has 2 aliphatic heterocycles. The minimum absolute atomic E-state index is 0.129. The number of halogens is 1. The molecule has 0 aromatic heterocycles. The minimum Gasteiger partial charge on any atom is -0.369 e. The molecule has 0 spiro atoms. The molecular weight excluding hydrogens is 425 g/mol. The van der Waals surface area contributed by atoms with Crippen LogP contribution in [0.3, 0.4) is 0 Å². The van der Waals surface area contributed by atoms with Gasteiger partial charge in [0.15, 0.2) is 0 Å². The molecule has 2 saturated heterocycles. The topological polar surface area (TPSA) is 26.8 Å². The van der Waals surface area contributed by atoms with Crippen LogP contribution in [-0.2, 0) is 0 Å². The van der Waals surface area contributed by atoms with Crippen molar-refractivity contribution in [1.82, 2.24) is 9.80 Å². The van der Waals surface area contributed by atoms with Crippen LogP contribution in [0.25, 0.3) is 0 Å². The number of nitrogens with zero attached hydrogens (tertiary/aromatic N) is 3. The fourth-order valence-electron chi connectivity index (χ4n) is 5.35. The third-order valence-corrected chi connectivity index (χ3v) is 7.31. The molecule has 0 bridgehead atoms. The number of hydrogen-bond acceptors (Lipinski definition) is 3. The zero-order valence-corrected chi connectivity index (χ0v) is 19.7. The molecule has 5 heteroatoms. The van der Waals surface area contributed by atoms with Gasteiger partial charge < -0.3 is 9.80 Å². The van der Waals surface area contributed by atoms with Gasteiger partial charge in [-0.05, 0) is 54.8 Å². The number of rotatable bonds is 5. The van der Waals surface area contributed by atoms with Crippen molar-refractivity contribution >= 4 is 11.6 Å². The number of piperazine rings is 1. The third kappa shape index (κ3) is 5.00. The second kappa shape index (κ2) is 9.98. The van der Waals surface area contributed by atoms with E-state index in [2.05, 4.69) is 40.1 Å². The number of likely N-dealkylation sites (tertiary alicyclic amines) is 1. The number of hydrogen-bond donors (Lipinski definition) is 0. The van der Waals surface area contributed by atoms with Crippen molar-refractivity contribution in [3.8, 4) is 0 Å². The van der Waals surface area contributed by atoms with E-state index in [1.807, 2.05) is 48.2 Å². The predicted octanol–water partition coefficient (Wildman–Crippen LogP) is 4.81. The van der Waals surface area contributed by atoms with Gasteiger partial charge in [-0.25, -0.2) is 4.39 Å². The van der Waals surface area contributed by atoms with Crippen LogP contribution in [-0.4, -0.2) is 61.5 Å². The molecule has 2 atom stereocenters. The first kappa shape index (κ1) is 22.6. The standard InChI is InChI=1S/C29H32FN3O/c1-22-7-9-24(10-8-22)29(34)33-20-25(28(21-33)23-5-3-2-4-6-23)19-31-15-17-32(18-16-31)27-13-11-26(30)12-14-27/h2-14,25,28H,15-21H2,1H3/t25-,28+/m1/s1. The monoisotopic (exact) mass is 457 g/mol. The Morgan fingerprint density at radius 1 is 0.853 bits per heavy atom. The Morgan fingerprint density at radius 2 is 1.53 bits per heavy atom. The number of carbonyl (C=O) groups is 1. The van der Waals surface area contributed by atoms with Crippen molar-refractivity contribution in [2.75, 3.05) is 50.7 Å². The molecule has 0 radical (unpaired) electrons. The summed E-state index contributed by atoms with van der Waals surface area (Å²) in [6, 6.07) is 25.3. The van der Waals surface area contributed by atoms with E-state index in [1.54, 1.807) is 0 Å². The molecule has 1 amide bonds.